The predicted octanol–water partition coefficient (Wildman–Crippen LogP) is 7.42. The Kier molecular flexibility index (Phi) is 10.9. The van der Waals surface area contributed by atoms with Crippen molar-refractivity contribution in [2.75, 3.05) is 28.4 Å². The van der Waals surface area contributed by atoms with E-state index in [0.717, 1.165) is 47.2 Å². The number of hydrogen-bond donors (Lipinski definition) is 0. The number of likely N-dealkylation sites (tertiary alicyclic amines) is 1. The molecule has 1 atom stereocenters. The van der Waals surface area contributed by atoms with Crippen LogP contribution in [0.5, 0.6) is 23.0 Å². The van der Waals surface area contributed by atoms with Gasteiger partial charge in [-0.05, 0) is 35.6 Å². The summed E-state index contributed by atoms with van der Waals surface area (Å²) >= 11 is 0. The quantitative estimate of drug-likeness (QED) is 0.186. The molecule has 1 fully saturated rings. The number of rotatable bonds is 9. The number of hydrogen-bond acceptors (Lipinski definition) is 6. The van der Waals surface area contributed by atoms with Crippen molar-refractivity contribution >= 4 is 12.2 Å². The van der Waals surface area contributed by atoms with Crippen molar-refractivity contribution in [1.29, 1.82) is 0 Å². The van der Waals surface area contributed by atoms with Crippen molar-refractivity contribution in [3.63, 3.8) is 0 Å². The van der Waals surface area contributed by atoms with E-state index >= 15 is 0 Å². The number of piperidine rings is 1. The molecule has 230 valence electrons. The normalized spacial score (nSPS) is 14.3. The van der Waals surface area contributed by atoms with Crippen molar-refractivity contribution in [3.05, 3.63) is 107 Å². The molecule has 0 aliphatic carbocycles. The third kappa shape index (κ3) is 7.34. The van der Waals surface area contributed by atoms with Gasteiger partial charge in [0.05, 0.1) is 45.6 Å². The summed E-state index contributed by atoms with van der Waals surface area (Å²) in [4.78, 5) is 25.4. The second-order valence-corrected chi connectivity index (χ2v) is 10.1. The fourth-order valence-electron chi connectivity index (χ4n) is 5.35. The van der Waals surface area contributed by atoms with Crippen molar-refractivity contribution in [3.8, 4) is 34.1 Å². The number of aldehydes is 1. The van der Waals surface area contributed by atoms with Crippen LogP contribution < -0.4 is 18.9 Å². The minimum atomic E-state index is -0.501. The lowest BCUT2D eigenvalue weighted by Crippen LogP contribution is -2.38. The van der Waals surface area contributed by atoms with E-state index < -0.39 is 11.6 Å². The molecule has 4 aromatic rings. The number of ether oxygens (including phenoxy) is 4. The molecule has 0 saturated carbocycles. The maximum Gasteiger partial charge on any atom is 0.223 e. The number of benzene rings is 4. The zero-order chi connectivity index (χ0) is 31.6. The standard InChI is InChI=1S/C26H26FNO3.C9H9FO3/c1-30-23-15-21(27)16-24(31-2)26(23)22-12-7-13-25(29)28(22)17-18-8-6-11-20(14-18)19-9-4-3-5-10-19;1-12-8-3-6(10)4-9(13-2)7(8)5-11/h3-6,8-11,14-16,22H,7,12-13,17H2,1-2H3;3-5H,1-2H3. The Bertz CT molecular complexity index is 1540. The van der Waals surface area contributed by atoms with Crippen molar-refractivity contribution in [2.24, 2.45) is 0 Å². The van der Waals surface area contributed by atoms with E-state index in [0.29, 0.717) is 30.8 Å². The highest BCUT2D eigenvalue weighted by Crippen LogP contribution is 2.43. The molecular weight excluding hydrogens is 568 g/mol. The van der Waals surface area contributed by atoms with Gasteiger partial charge < -0.3 is 23.8 Å². The fourth-order valence-corrected chi connectivity index (χ4v) is 5.35. The molecule has 5 rings (SSSR count). The van der Waals surface area contributed by atoms with Gasteiger partial charge in [-0.3, -0.25) is 9.59 Å². The monoisotopic (exact) mass is 603 g/mol. The number of halogens is 2. The van der Waals surface area contributed by atoms with Gasteiger partial charge in [-0.25, -0.2) is 8.78 Å². The minimum absolute atomic E-state index is 0.0785. The lowest BCUT2D eigenvalue weighted by atomic mass is 9.92. The Morgan fingerprint density at radius 1 is 0.750 bits per heavy atom. The van der Waals surface area contributed by atoms with Crippen LogP contribution in [0.3, 0.4) is 0 Å². The molecule has 0 bridgehead atoms. The number of carbonyl (C=O) groups excluding carboxylic acids is 2. The number of nitrogens with zero attached hydrogens (tertiary/aromatic N) is 1. The molecule has 9 heteroatoms. The van der Waals surface area contributed by atoms with E-state index in [9.17, 15) is 18.4 Å². The van der Waals surface area contributed by atoms with Gasteiger partial charge in [0.2, 0.25) is 5.91 Å². The first kappa shape index (κ1) is 32.0. The van der Waals surface area contributed by atoms with E-state index in [1.54, 1.807) is 0 Å². The molecule has 44 heavy (non-hydrogen) atoms. The lowest BCUT2D eigenvalue weighted by Gasteiger charge is -2.37. The highest BCUT2D eigenvalue weighted by molar-refractivity contribution is 5.83. The van der Waals surface area contributed by atoms with E-state index in [2.05, 4.69) is 24.3 Å². The van der Waals surface area contributed by atoms with Crippen molar-refractivity contribution < 1.29 is 37.3 Å². The van der Waals surface area contributed by atoms with Crippen LogP contribution in [0.2, 0.25) is 0 Å². The largest absolute Gasteiger partial charge is 0.496 e. The number of methoxy groups -OCH3 is 4. The van der Waals surface area contributed by atoms with Gasteiger partial charge in [0.25, 0.3) is 0 Å². The fraction of sp³-hybridized carbons (Fsp3) is 0.257. The van der Waals surface area contributed by atoms with Gasteiger partial charge in [0.1, 0.15) is 34.6 Å². The van der Waals surface area contributed by atoms with Gasteiger partial charge in [0, 0.05) is 37.2 Å². The zero-order valence-electron chi connectivity index (χ0n) is 25.1. The van der Waals surface area contributed by atoms with Crippen LogP contribution in [0.15, 0.2) is 78.9 Å². The Balaban J connectivity index is 0.000000285. The first-order valence-corrected chi connectivity index (χ1v) is 14.0. The Morgan fingerprint density at radius 3 is 1.84 bits per heavy atom. The number of carbonyl (C=O) groups is 2. The van der Waals surface area contributed by atoms with Crippen LogP contribution in [0, 0.1) is 11.6 Å². The Labute approximate surface area is 255 Å². The Morgan fingerprint density at radius 2 is 1.30 bits per heavy atom. The molecule has 1 aliphatic rings. The van der Waals surface area contributed by atoms with Gasteiger partial charge in [-0.15, -0.1) is 0 Å². The second kappa shape index (κ2) is 15.0. The highest BCUT2D eigenvalue weighted by atomic mass is 19.1. The molecule has 0 N–H and O–H groups in total. The van der Waals surface area contributed by atoms with Gasteiger partial charge in [-0.2, -0.15) is 0 Å². The average molecular weight is 604 g/mol. The molecular formula is C35H35F2NO6. The molecule has 0 radical (unpaired) electrons. The first-order valence-electron chi connectivity index (χ1n) is 14.0. The van der Waals surface area contributed by atoms with Crippen molar-refractivity contribution in [1.82, 2.24) is 4.90 Å². The summed E-state index contributed by atoms with van der Waals surface area (Å²) in [6.45, 7) is 0.466. The van der Waals surface area contributed by atoms with Gasteiger partial charge in [-0.1, -0.05) is 48.5 Å². The first-order chi connectivity index (χ1) is 21.3. The van der Waals surface area contributed by atoms with Gasteiger partial charge >= 0.3 is 0 Å². The molecule has 1 heterocycles. The van der Waals surface area contributed by atoms with E-state index in [1.165, 1.54) is 40.6 Å². The highest BCUT2D eigenvalue weighted by Gasteiger charge is 2.34. The lowest BCUT2D eigenvalue weighted by molar-refractivity contribution is -0.137. The topological polar surface area (TPSA) is 74.3 Å². The van der Waals surface area contributed by atoms with Crippen LogP contribution in [-0.4, -0.2) is 45.5 Å². The molecule has 1 aliphatic heterocycles. The smallest absolute Gasteiger partial charge is 0.223 e. The molecule has 4 aromatic carbocycles. The summed E-state index contributed by atoms with van der Waals surface area (Å²) in [6, 6.07) is 23.1. The van der Waals surface area contributed by atoms with Crippen LogP contribution in [0.1, 0.15) is 46.8 Å². The van der Waals surface area contributed by atoms with Crippen LogP contribution in [0.4, 0.5) is 8.78 Å². The van der Waals surface area contributed by atoms with Crippen LogP contribution >= 0.6 is 0 Å². The second-order valence-electron chi connectivity index (χ2n) is 10.1. The molecule has 7 nitrogen and oxygen atoms in total. The Hall–Kier alpha value is -4.92. The summed E-state index contributed by atoms with van der Waals surface area (Å²) in [5.41, 5.74) is 4.22. The minimum Gasteiger partial charge on any atom is -0.496 e. The van der Waals surface area contributed by atoms with Crippen LogP contribution in [0.25, 0.3) is 11.1 Å². The third-order valence-corrected chi connectivity index (χ3v) is 7.42. The molecule has 1 saturated heterocycles. The van der Waals surface area contributed by atoms with Crippen LogP contribution in [-0.2, 0) is 11.3 Å². The average Bonchev–Trinajstić information content (AvgIpc) is 3.05. The van der Waals surface area contributed by atoms with E-state index in [-0.39, 0.29) is 29.0 Å². The molecule has 1 unspecified atom stereocenters. The van der Waals surface area contributed by atoms with E-state index in [4.69, 9.17) is 18.9 Å². The summed E-state index contributed by atoms with van der Waals surface area (Å²) in [7, 11) is 5.74. The van der Waals surface area contributed by atoms with Crippen molar-refractivity contribution in [2.45, 2.75) is 31.8 Å². The molecule has 0 spiro atoms. The summed E-state index contributed by atoms with van der Waals surface area (Å²) < 4.78 is 47.4. The molecule has 1 amide bonds. The molecule has 0 aromatic heterocycles. The SMILES string of the molecule is COc1cc(F)cc(OC)c1C1CCCC(=O)N1Cc1cccc(-c2ccccc2)c1.COc1cc(F)cc(OC)c1C=O. The zero-order valence-corrected chi connectivity index (χ0v) is 25.1. The van der Waals surface area contributed by atoms with Gasteiger partial charge in [0.15, 0.2) is 6.29 Å². The van der Waals surface area contributed by atoms with E-state index in [1.807, 2.05) is 35.2 Å². The summed E-state index contributed by atoms with van der Waals surface area (Å²) in [5, 5.41) is 0. The summed E-state index contributed by atoms with van der Waals surface area (Å²) in [5.74, 6) is 0.300. The maximum absolute atomic E-state index is 14.0. The summed E-state index contributed by atoms with van der Waals surface area (Å²) in [6.07, 6.45) is 2.61. The maximum atomic E-state index is 14.0. The number of amides is 1. The third-order valence-electron chi connectivity index (χ3n) is 7.42. The predicted molar refractivity (Wildman–Crippen MR) is 163 cm³/mol.